The van der Waals surface area contributed by atoms with E-state index in [9.17, 15) is 0 Å². The van der Waals surface area contributed by atoms with Crippen molar-refractivity contribution in [3.05, 3.63) is 59.8 Å². The highest BCUT2D eigenvalue weighted by molar-refractivity contribution is 5.45. The van der Waals surface area contributed by atoms with Crippen molar-refractivity contribution < 1.29 is 0 Å². The average Bonchev–Trinajstić information content (AvgIpc) is 2.18. The highest BCUT2D eigenvalue weighted by Gasteiger charge is 2.05. The summed E-state index contributed by atoms with van der Waals surface area (Å²) >= 11 is 0. The Hall–Kier alpha value is -1.30. The van der Waals surface area contributed by atoms with Crippen molar-refractivity contribution in [3.63, 3.8) is 0 Å². The van der Waals surface area contributed by atoms with Gasteiger partial charge >= 0.3 is 0 Å². The van der Waals surface area contributed by atoms with Crippen LogP contribution in [0.5, 0.6) is 0 Å². The Morgan fingerprint density at radius 2 is 2.21 bits per heavy atom. The molecule has 0 unspecified atom stereocenters. The van der Waals surface area contributed by atoms with Crippen molar-refractivity contribution in [2.75, 3.05) is 0 Å². The first-order valence-corrected chi connectivity index (χ1v) is 5.10. The fourth-order valence-electron chi connectivity index (χ4n) is 1.58. The summed E-state index contributed by atoms with van der Waals surface area (Å²) in [5, 5.41) is 0. The summed E-state index contributed by atoms with van der Waals surface area (Å²) in [6, 6.07) is 0. The predicted molar refractivity (Wildman–Crippen MR) is 64.2 cm³/mol. The molecule has 0 amide bonds. The molecule has 0 saturated heterocycles. The van der Waals surface area contributed by atoms with Gasteiger partial charge in [0.2, 0.25) is 0 Å². The molecule has 1 aliphatic carbocycles. The number of allylic oxidation sites excluding steroid dienone is 9. The molecule has 0 nitrogen and oxygen atoms in total. The van der Waals surface area contributed by atoms with Crippen molar-refractivity contribution in [2.24, 2.45) is 0 Å². The van der Waals surface area contributed by atoms with Gasteiger partial charge in [-0.1, -0.05) is 43.0 Å². The van der Waals surface area contributed by atoms with Gasteiger partial charge in [-0.25, -0.2) is 0 Å². The quantitative estimate of drug-likeness (QED) is 0.575. The molecule has 0 heterocycles. The molecule has 0 spiro atoms. The van der Waals surface area contributed by atoms with Gasteiger partial charge in [-0.15, -0.1) is 0 Å². The van der Waals surface area contributed by atoms with Crippen LogP contribution in [0.1, 0.15) is 26.7 Å². The first-order valence-electron chi connectivity index (χ1n) is 5.10. The van der Waals surface area contributed by atoms with Crippen LogP contribution in [0.15, 0.2) is 59.8 Å². The molecule has 0 atom stereocenters. The largest absolute Gasteiger partial charge is 0.0915 e. The van der Waals surface area contributed by atoms with Gasteiger partial charge in [0.15, 0.2) is 0 Å². The molecule has 0 N–H and O–H groups in total. The summed E-state index contributed by atoms with van der Waals surface area (Å²) in [4.78, 5) is 0. The molecular formula is C14H18. The smallest absolute Gasteiger partial charge is 0.0236 e. The number of rotatable bonds is 3. The topological polar surface area (TPSA) is 0 Å². The molecule has 0 aromatic heterocycles. The van der Waals surface area contributed by atoms with Gasteiger partial charge in [0.05, 0.1) is 0 Å². The molecule has 0 bridgehead atoms. The molecule has 0 saturated carbocycles. The van der Waals surface area contributed by atoms with Crippen LogP contribution in [0.3, 0.4) is 0 Å². The van der Waals surface area contributed by atoms with E-state index < -0.39 is 0 Å². The third-order valence-electron chi connectivity index (χ3n) is 2.39. The van der Waals surface area contributed by atoms with Crippen LogP contribution in [0.25, 0.3) is 0 Å². The maximum Gasteiger partial charge on any atom is -0.0236 e. The lowest BCUT2D eigenvalue weighted by molar-refractivity contribution is 0.957. The molecular weight excluding hydrogens is 168 g/mol. The summed E-state index contributed by atoms with van der Waals surface area (Å²) in [7, 11) is 0. The van der Waals surface area contributed by atoms with Crippen molar-refractivity contribution in [2.45, 2.75) is 26.7 Å². The molecule has 0 aliphatic heterocycles. The molecule has 14 heavy (non-hydrogen) atoms. The maximum atomic E-state index is 4.09. The molecule has 74 valence electrons. The highest BCUT2D eigenvalue weighted by Crippen LogP contribution is 2.24. The van der Waals surface area contributed by atoms with E-state index >= 15 is 0 Å². The summed E-state index contributed by atoms with van der Waals surface area (Å²) in [6.45, 7) is 8.26. The minimum Gasteiger partial charge on any atom is -0.0915 e. The lowest BCUT2D eigenvalue weighted by atomic mass is 9.93. The Bertz CT molecular complexity index is 322. The van der Waals surface area contributed by atoms with Crippen molar-refractivity contribution in [1.29, 1.82) is 0 Å². The van der Waals surface area contributed by atoms with Gasteiger partial charge in [0.25, 0.3) is 0 Å². The first-order chi connectivity index (χ1) is 6.75. The van der Waals surface area contributed by atoms with E-state index in [1.807, 2.05) is 25.2 Å². The second-order valence-corrected chi connectivity index (χ2v) is 3.51. The molecule has 0 heteroatoms. The summed E-state index contributed by atoms with van der Waals surface area (Å²) < 4.78 is 0. The van der Waals surface area contributed by atoms with E-state index in [1.54, 1.807) is 0 Å². The van der Waals surface area contributed by atoms with Crippen LogP contribution >= 0.6 is 0 Å². The summed E-state index contributed by atoms with van der Waals surface area (Å²) in [5.74, 6) is 0. The monoisotopic (exact) mass is 186 g/mol. The van der Waals surface area contributed by atoms with Crippen LogP contribution in [0.2, 0.25) is 0 Å². The van der Waals surface area contributed by atoms with E-state index in [0.29, 0.717) is 0 Å². The maximum absolute atomic E-state index is 4.09. The average molecular weight is 186 g/mol. The lowest BCUT2D eigenvalue weighted by Crippen LogP contribution is -1.93. The zero-order valence-electron chi connectivity index (χ0n) is 9.09. The third kappa shape index (κ3) is 2.88. The Balaban J connectivity index is 2.73. The fraction of sp³-hybridized carbons (Fsp3) is 0.286. The van der Waals surface area contributed by atoms with Crippen LogP contribution < -0.4 is 0 Å². The van der Waals surface area contributed by atoms with Gasteiger partial charge in [0.1, 0.15) is 0 Å². The SMILES string of the molecule is C=C(/C=C\C=C/C)C1=C(C)C=CCC1. The van der Waals surface area contributed by atoms with Crippen LogP contribution in [0, 0.1) is 0 Å². The molecule has 0 aromatic carbocycles. The standard InChI is InChI=1S/C14H18/c1-4-5-6-9-12(2)14-11-8-7-10-13(14)3/h4-7,9-10H,2,8,11H2,1,3H3/b5-4-,9-6-. The first kappa shape index (κ1) is 10.8. The molecule has 1 rings (SSSR count). The minimum absolute atomic E-state index is 1.13. The van der Waals surface area contributed by atoms with E-state index in [1.165, 1.54) is 11.1 Å². The number of hydrogen-bond acceptors (Lipinski definition) is 0. The van der Waals surface area contributed by atoms with E-state index in [2.05, 4.69) is 31.7 Å². The lowest BCUT2D eigenvalue weighted by Gasteiger charge is -2.13. The Labute approximate surface area is 87.0 Å². The normalized spacial score (nSPS) is 17.3. The van der Waals surface area contributed by atoms with Gasteiger partial charge in [-0.05, 0) is 43.4 Å². The van der Waals surface area contributed by atoms with Crippen LogP contribution in [-0.4, -0.2) is 0 Å². The number of hydrogen-bond donors (Lipinski definition) is 0. The van der Waals surface area contributed by atoms with Crippen molar-refractivity contribution in [3.8, 4) is 0 Å². The van der Waals surface area contributed by atoms with Gasteiger partial charge in [0, 0.05) is 0 Å². The summed E-state index contributed by atoms with van der Waals surface area (Å²) in [6.07, 6.45) is 14.9. The molecule has 1 aliphatic rings. The second-order valence-electron chi connectivity index (χ2n) is 3.51. The zero-order chi connectivity index (χ0) is 10.4. The minimum atomic E-state index is 1.13. The Kier molecular flexibility index (Phi) is 4.18. The highest BCUT2D eigenvalue weighted by atomic mass is 14.1. The van der Waals surface area contributed by atoms with Crippen molar-refractivity contribution >= 4 is 0 Å². The summed E-state index contributed by atoms with van der Waals surface area (Å²) in [5.41, 5.74) is 3.89. The predicted octanol–water partition coefficient (Wildman–Crippen LogP) is 4.34. The molecule has 0 radical (unpaired) electrons. The van der Waals surface area contributed by atoms with Crippen molar-refractivity contribution in [1.82, 2.24) is 0 Å². The van der Waals surface area contributed by atoms with E-state index in [4.69, 9.17) is 0 Å². The van der Waals surface area contributed by atoms with Gasteiger partial charge in [-0.3, -0.25) is 0 Å². The second kappa shape index (κ2) is 5.43. The third-order valence-corrected chi connectivity index (χ3v) is 2.39. The van der Waals surface area contributed by atoms with Gasteiger partial charge < -0.3 is 0 Å². The Morgan fingerprint density at radius 1 is 1.43 bits per heavy atom. The molecule has 0 fully saturated rings. The van der Waals surface area contributed by atoms with E-state index in [-0.39, 0.29) is 0 Å². The van der Waals surface area contributed by atoms with Crippen LogP contribution in [0.4, 0.5) is 0 Å². The zero-order valence-corrected chi connectivity index (χ0v) is 9.09. The molecule has 0 aromatic rings. The van der Waals surface area contributed by atoms with Gasteiger partial charge in [-0.2, -0.15) is 0 Å². The van der Waals surface area contributed by atoms with Crippen LogP contribution in [-0.2, 0) is 0 Å². The van der Waals surface area contributed by atoms with E-state index in [0.717, 1.165) is 18.4 Å². The fourth-order valence-corrected chi connectivity index (χ4v) is 1.58. The Morgan fingerprint density at radius 3 is 2.86 bits per heavy atom.